The lowest BCUT2D eigenvalue weighted by molar-refractivity contribution is -0.942. The van der Waals surface area contributed by atoms with E-state index < -0.39 is 0 Å². The Balaban J connectivity index is 1.86. The lowest BCUT2D eigenvalue weighted by atomic mass is 10.2. The normalized spacial score (nSPS) is 35.4. The zero-order chi connectivity index (χ0) is 10.0. The average Bonchev–Trinajstić information content (AvgIpc) is 2.28. The molecule has 3 heterocycles. The molecule has 3 aliphatic rings. The zero-order valence-corrected chi connectivity index (χ0v) is 8.75. The molecule has 0 aliphatic carbocycles. The summed E-state index contributed by atoms with van der Waals surface area (Å²) < 4.78 is 1.07. The summed E-state index contributed by atoms with van der Waals surface area (Å²) in [6, 6.07) is -0.0643. The topological polar surface area (TPSA) is 44.4 Å². The van der Waals surface area contributed by atoms with Crippen LogP contribution in [0.4, 0.5) is 4.79 Å². The van der Waals surface area contributed by atoms with E-state index in [0.717, 1.165) is 11.2 Å². The van der Waals surface area contributed by atoms with Gasteiger partial charge in [0, 0.05) is 26.7 Å². The fourth-order valence-electron chi connectivity index (χ4n) is 2.30. The van der Waals surface area contributed by atoms with Crippen molar-refractivity contribution in [1.82, 2.24) is 15.5 Å². The lowest BCUT2D eigenvalue weighted by Gasteiger charge is -2.50. The third-order valence-corrected chi connectivity index (χ3v) is 3.47. The molecule has 80 valence electrons. The molecule has 3 saturated heterocycles. The minimum absolute atomic E-state index is 0.0643. The fourth-order valence-corrected chi connectivity index (χ4v) is 2.30. The Morgan fingerprint density at radius 2 is 1.86 bits per heavy atom. The summed E-state index contributed by atoms with van der Waals surface area (Å²) in [5, 5.41) is 5.51. The summed E-state index contributed by atoms with van der Waals surface area (Å²) in [6.07, 6.45) is 0. The number of piperazine rings is 3. The number of quaternary nitrogens is 1. The van der Waals surface area contributed by atoms with Crippen molar-refractivity contribution in [3.63, 3.8) is 0 Å². The summed E-state index contributed by atoms with van der Waals surface area (Å²) in [5.74, 6) is 0. The monoisotopic (exact) mass is 199 g/mol. The van der Waals surface area contributed by atoms with Crippen LogP contribution in [0.15, 0.2) is 0 Å². The molecule has 3 rings (SSSR count). The van der Waals surface area contributed by atoms with Gasteiger partial charge in [-0.2, -0.15) is 0 Å². The highest BCUT2D eigenvalue weighted by molar-refractivity contribution is 5.73. The second-order valence-electron chi connectivity index (χ2n) is 4.27. The third kappa shape index (κ3) is 1.83. The second-order valence-corrected chi connectivity index (χ2v) is 4.27. The number of nitrogens with one attached hydrogen (secondary N) is 2. The summed E-state index contributed by atoms with van der Waals surface area (Å²) in [4.78, 5) is 13.6. The predicted octanol–water partition coefficient (Wildman–Crippen LogP) is -0.981. The molecular formula is C9H19N4O+. The van der Waals surface area contributed by atoms with Crippen LogP contribution in [-0.2, 0) is 0 Å². The summed E-state index contributed by atoms with van der Waals surface area (Å²) in [6.45, 7) is 7.91. The Morgan fingerprint density at radius 1 is 1.29 bits per heavy atom. The Bertz CT molecular complexity index is 209. The van der Waals surface area contributed by atoms with E-state index >= 15 is 0 Å². The predicted molar refractivity (Wildman–Crippen MR) is 53.8 cm³/mol. The SMILES string of the molecule is CNC(=O)NC[N+]12CCN(CC1)CC2. The Morgan fingerprint density at radius 3 is 2.36 bits per heavy atom. The number of fused-ring (bicyclic) bond motifs is 3. The molecule has 3 fully saturated rings. The van der Waals surface area contributed by atoms with Crippen molar-refractivity contribution < 1.29 is 9.28 Å². The van der Waals surface area contributed by atoms with Crippen LogP contribution in [0.3, 0.4) is 0 Å². The van der Waals surface area contributed by atoms with Crippen molar-refractivity contribution in [2.45, 2.75) is 0 Å². The van der Waals surface area contributed by atoms with Gasteiger partial charge in [0.15, 0.2) is 6.67 Å². The molecule has 2 N–H and O–H groups in total. The van der Waals surface area contributed by atoms with E-state index in [9.17, 15) is 4.79 Å². The molecule has 0 atom stereocenters. The number of carbonyl (C=O) groups excluding carboxylic acids is 1. The van der Waals surface area contributed by atoms with Gasteiger partial charge >= 0.3 is 6.03 Å². The highest BCUT2D eigenvalue weighted by Gasteiger charge is 2.38. The van der Waals surface area contributed by atoms with Crippen LogP contribution in [-0.4, -0.2) is 68.4 Å². The summed E-state index contributed by atoms with van der Waals surface area (Å²) in [5.41, 5.74) is 0. The van der Waals surface area contributed by atoms with Crippen LogP contribution < -0.4 is 10.6 Å². The molecule has 0 aromatic carbocycles. The van der Waals surface area contributed by atoms with Crippen molar-refractivity contribution in [2.24, 2.45) is 0 Å². The van der Waals surface area contributed by atoms with Gasteiger partial charge in [0.2, 0.25) is 0 Å². The van der Waals surface area contributed by atoms with E-state index in [1.165, 1.54) is 39.3 Å². The molecule has 0 saturated carbocycles. The maximum atomic E-state index is 11.1. The molecule has 5 heteroatoms. The first kappa shape index (κ1) is 9.73. The van der Waals surface area contributed by atoms with E-state index in [-0.39, 0.29) is 6.03 Å². The first-order valence-corrected chi connectivity index (χ1v) is 5.27. The van der Waals surface area contributed by atoms with E-state index in [1.807, 2.05) is 0 Å². The van der Waals surface area contributed by atoms with Crippen LogP contribution in [0.5, 0.6) is 0 Å². The number of hydrogen-bond donors (Lipinski definition) is 2. The Hall–Kier alpha value is -0.810. The molecule has 0 unspecified atom stereocenters. The standard InChI is InChI=1S/C9H18N4O/c1-10-9(14)11-8-13-5-2-12(3-6-13)4-7-13/h2-8H2,1H3,(H-,10,11,14)/p+1. The lowest BCUT2D eigenvalue weighted by Crippen LogP contribution is -2.69. The van der Waals surface area contributed by atoms with Crippen LogP contribution in [0.2, 0.25) is 0 Å². The highest BCUT2D eigenvalue weighted by atomic mass is 16.2. The number of urea groups is 1. The largest absolute Gasteiger partial charge is 0.341 e. The van der Waals surface area contributed by atoms with Crippen LogP contribution >= 0.6 is 0 Å². The van der Waals surface area contributed by atoms with E-state index in [0.29, 0.717) is 0 Å². The molecule has 2 bridgehead atoms. The van der Waals surface area contributed by atoms with Gasteiger partial charge in [0.1, 0.15) is 0 Å². The molecule has 14 heavy (non-hydrogen) atoms. The van der Waals surface area contributed by atoms with Crippen molar-refractivity contribution >= 4 is 6.03 Å². The smallest absolute Gasteiger partial charge is 0.318 e. The zero-order valence-electron chi connectivity index (χ0n) is 8.75. The molecule has 5 nitrogen and oxygen atoms in total. The van der Waals surface area contributed by atoms with Gasteiger partial charge in [0.25, 0.3) is 0 Å². The van der Waals surface area contributed by atoms with E-state index in [4.69, 9.17) is 0 Å². The maximum Gasteiger partial charge on any atom is 0.318 e. The average molecular weight is 199 g/mol. The Labute approximate surface area is 84.6 Å². The summed E-state index contributed by atoms with van der Waals surface area (Å²) in [7, 11) is 1.66. The second kappa shape index (κ2) is 3.74. The van der Waals surface area contributed by atoms with Gasteiger partial charge in [0.05, 0.1) is 19.6 Å². The molecule has 2 amide bonds. The van der Waals surface area contributed by atoms with Gasteiger partial charge in [-0.1, -0.05) is 0 Å². The van der Waals surface area contributed by atoms with Gasteiger partial charge in [-0.25, -0.2) is 4.79 Å². The molecular weight excluding hydrogens is 180 g/mol. The Kier molecular flexibility index (Phi) is 2.60. The number of nitrogens with zero attached hydrogens (tertiary/aromatic N) is 2. The summed E-state index contributed by atoms with van der Waals surface area (Å²) >= 11 is 0. The third-order valence-electron chi connectivity index (χ3n) is 3.47. The van der Waals surface area contributed by atoms with Gasteiger partial charge in [-0.05, 0) is 0 Å². The van der Waals surface area contributed by atoms with Gasteiger partial charge in [-0.3, -0.25) is 10.2 Å². The fraction of sp³-hybridized carbons (Fsp3) is 0.889. The number of amides is 2. The van der Waals surface area contributed by atoms with Gasteiger partial charge < -0.3 is 9.80 Å². The van der Waals surface area contributed by atoms with Crippen molar-refractivity contribution in [3.8, 4) is 0 Å². The highest BCUT2D eigenvalue weighted by Crippen LogP contribution is 2.17. The number of rotatable bonds is 2. The van der Waals surface area contributed by atoms with Crippen molar-refractivity contribution in [1.29, 1.82) is 0 Å². The van der Waals surface area contributed by atoms with Crippen molar-refractivity contribution in [2.75, 3.05) is 53.0 Å². The number of carbonyl (C=O) groups is 1. The van der Waals surface area contributed by atoms with Gasteiger partial charge in [-0.15, -0.1) is 0 Å². The minimum Gasteiger partial charge on any atom is -0.341 e. The maximum absolute atomic E-state index is 11.1. The quantitative estimate of drug-likeness (QED) is 0.561. The molecule has 0 radical (unpaired) electrons. The van der Waals surface area contributed by atoms with E-state index in [2.05, 4.69) is 15.5 Å². The van der Waals surface area contributed by atoms with Crippen LogP contribution in [0.25, 0.3) is 0 Å². The van der Waals surface area contributed by atoms with Crippen LogP contribution in [0.1, 0.15) is 0 Å². The molecule has 0 spiro atoms. The minimum atomic E-state index is -0.0643. The van der Waals surface area contributed by atoms with Crippen LogP contribution in [0, 0.1) is 0 Å². The first-order chi connectivity index (χ1) is 6.74. The molecule has 0 aromatic heterocycles. The molecule has 0 aromatic rings. The molecule has 3 aliphatic heterocycles. The number of hydrogen-bond acceptors (Lipinski definition) is 2. The van der Waals surface area contributed by atoms with Crippen molar-refractivity contribution in [3.05, 3.63) is 0 Å². The first-order valence-electron chi connectivity index (χ1n) is 5.27. The van der Waals surface area contributed by atoms with E-state index in [1.54, 1.807) is 7.05 Å².